The number of nitrogens with zero attached hydrogens (tertiary/aromatic N) is 4. The summed E-state index contributed by atoms with van der Waals surface area (Å²) in [5.41, 5.74) is 0. The molecule has 0 aliphatic heterocycles. The van der Waals surface area contributed by atoms with Crippen molar-refractivity contribution in [1.29, 1.82) is 0 Å². The van der Waals surface area contributed by atoms with Gasteiger partial charge in [0, 0.05) is 25.5 Å². The van der Waals surface area contributed by atoms with E-state index in [4.69, 9.17) is 4.74 Å². The van der Waals surface area contributed by atoms with Gasteiger partial charge in [-0.1, -0.05) is 0 Å². The smallest absolute Gasteiger partial charge is 0.218 e. The lowest BCUT2D eigenvalue weighted by Crippen LogP contribution is -2.08. The fourth-order valence-corrected chi connectivity index (χ4v) is 1.59. The van der Waals surface area contributed by atoms with Gasteiger partial charge in [0.1, 0.15) is 17.5 Å². The molecule has 0 saturated heterocycles. The van der Waals surface area contributed by atoms with Crippen LogP contribution in [0.25, 0.3) is 0 Å². The summed E-state index contributed by atoms with van der Waals surface area (Å²) in [6.07, 6.45) is 3.68. The lowest BCUT2D eigenvalue weighted by Gasteiger charge is -2.08. The molecule has 0 atom stereocenters. The minimum absolute atomic E-state index is 0.590. The summed E-state index contributed by atoms with van der Waals surface area (Å²) in [4.78, 5) is 12.7. The van der Waals surface area contributed by atoms with Gasteiger partial charge in [-0.15, -0.1) is 0 Å². The summed E-state index contributed by atoms with van der Waals surface area (Å²) in [5, 5.41) is 3.21. The third kappa shape index (κ3) is 2.97. The van der Waals surface area contributed by atoms with Gasteiger partial charge in [-0.25, -0.2) is 9.97 Å². The summed E-state index contributed by atoms with van der Waals surface area (Å²) in [6, 6.07) is 1.79. The minimum atomic E-state index is 0.590. The van der Waals surface area contributed by atoms with Crippen LogP contribution in [0.1, 0.15) is 18.6 Å². The first-order valence-electron chi connectivity index (χ1n) is 5.87. The molecule has 0 aromatic carbocycles. The highest BCUT2D eigenvalue weighted by atomic mass is 16.5. The van der Waals surface area contributed by atoms with Crippen LogP contribution in [0.15, 0.2) is 18.5 Å². The van der Waals surface area contributed by atoms with Crippen LogP contribution in [0, 0.1) is 6.92 Å². The van der Waals surface area contributed by atoms with Crippen molar-refractivity contribution in [2.45, 2.75) is 20.4 Å². The molecule has 0 spiro atoms. The molecule has 2 aromatic rings. The summed E-state index contributed by atoms with van der Waals surface area (Å²) >= 11 is 0. The molecular formula is C12H17N5O. The van der Waals surface area contributed by atoms with Crippen LogP contribution in [0.2, 0.25) is 0 Å². The highest BCUT2D eigenvalue weighted by molar-refractivity contribution is 5.38. The van der Waals surface area contributed by atoms with Gasteiger partial charge < -0.3 is 14.6 Å². The maximum atomic E-state index is 5.38. The van der Waals surface area contributed by atoms with Gasteiger partial charge in [-0.05, 0) is 13.8 Å². The van der Waals surface area contributed by atoms with Crippen LogP contribution in [0.5, 0.6) is 5.88 Å². The van der Waals surface area contributed by atoms with Crippen LogP contribution < -0.4 is 10.1 Å². The zero-order valence-corrected chi connectivity index (χ0v) is 10.8. The molecule has 0 radical (unpaired) electrons. The molecule has 0 amide bonds. The van der Waals surface area contributed by atoms with Crippen LogP contribution in [0.4, 0.5) is 5.82 Å². The van der Waals surface area contributed by atoms with E-state index in [1.807, 2.05) is 31.7 Å². The van der Waals surface area contributed by atoms with Crippen molar-refractivity contribution in [3.8, 4) is 5.88 Å². The second-order valence-electron chi connectivity index (χ2n) is 3.88. The summed E-state index contributed by atoms with van der Waals surface area (Å²) in [5.74, 6) is 2.97. The van der Waals surface area contributed by atoms with Gasteiger partial charge in [0.2, 0.25) is 5.88 Å². The number of rotatable bonds is 5. The van der Waals surface area contributed by atoms with Gasteiger partial charge in [0.15, 0.2) is 0 Å². The van der Waals surface area contributed by atoms with E-state index in [0.717, 1.165) is 11.6 Å². The van der Waals surface area contributed by atoms with Crippen LogP contribution >= 0.6 is 0 Å². The Kier molecular flexibility index (Phi) is 3.76. The molecule has 0 fully saturated rings. The van der Waals surface area contributed by atoms with Gasteiger partial charge in [-0.2, -0.15) is 4.98 Å². The average molecular weight is 247 g/mol. The quantitative estimate of drug-likeness (QED) is 0.868. The van der Waals surface area contributed by atoms with Crippen molar-refractivity contribution in [2.24, 2.45) is 7.05 Å². The molecule has 2 rings (SSSR count). The molecule has 2 aromatic heterocycles. The van der Waals surface area contributed by atoms with Crippen molar-refractivity contribution in [1.82, 2.24) is 19.5 Å². The molecule has 1 N–H and O–H groups in total. The number of hydrogen-bond donors (Lipinski definition) is 1. The van der Waals surface area contributed by atoms with E-state index in [-0.39, 0.29) is 0 Å². The molecule has 0 aliphatic rings. The molecule has 18 heavy (non-hydrogen) atoms. The lowest BCUT2D eigenvalue weighted by molar-refractivity contribution is 0.325. The number of anilines is 1. The van der Waals surface area contributed by atoms with Crippen molar-refractivity contribution >= 4 is 5.82 Å². The molecular weight excluding hydrogens is 230 g/mol. The van der Waals surface area contributed by atoms with Gasteiger partial charge in [0.25, 0.3) is 0 Å². The van der Waals surface area contributed by atoms with Crippen molar-refractivity contribution in [3.63, 3.8) is 0 Å². The number of nitrogens with one attached hydrogen (secondary N) is 1. The number of imidazole rings is 1. The summed E-state index contributed by atoms with van der Waals surface area (Å²) in [7, 11) is 1.96. The Morgan fingerprint density at radius 1 is 1.39 bits per heavy atom. The number of ether oxygens (including phenoxy) is 1. The Hall–Kier alpha value is -2.11. The van der Waals surface area contributed by atoms with Gasteiger partial charge >= 0.3 is 0 Å². The number of aryl methyl sites for hydroxylation is 2. The van der Waals surface area contributed by atoms with Gasteiger partial charge in [-0.3, -0.25) is 0 Å². The molecule has 2 heterocycles. The average Bonchev–Trinajstić information content (AvgIpc) is 2.72. The maximum absolute atomic E-state index is 5.38. The molecule has 0 bridgehead atoms. The molecule has 0 unspecified atom stereocenters. The van der Waals surface area contributed by atoms with E-state index < -0.39 is 0 Å². The molecule has 6 heteroatoms. The monoisotopic (exact) mass is 247 g/mol. The fraction of sp³-hybridized carbons (Fsp3) is 0.417. The predicted octanol–water partition coefficient (Wildman–Crippen LogP) is 1.53. The second kappa shape index (κ2) is 5.48. The first-order chi connectivity index (χ1) is 8.69. The predicted molar refractivity (Wildman–Crippen MR) is 68.5 cm³/mol. The fourth-order valence-electron chi connectivity index (χ4n) is 1.59. The first-order valence-corrected chi connectivity index (χ1v) is 5.87. The highest BCUT2D eigenvalue weighted by Gasteiger charge is 2.04. The minimum Gasteiger partial charge on any atom is -0.478 e. The molecule has 96 valence electrons. The maximum Gasteiger partial charge on any atom is 0.218 e. The van der Waals surface area contributed by atoms with Crippen molar-refractivity contribution in [3.05, 3.63) is 30.1 Å². The largest absolute Gasteiger partial charge is 0.478 e. The van der Waals surface area contributed by atoms with E-state index in [2.05, 4.69) is 20.3 Å². The first kappa shape index (κ1) is 12.3. The summed E-state index contributed by atoms with van der Waals surface area (Å²) < 4.78 is 7.34. The van der Waals surface area contributed by atoms with E-state index >= 15 is 0 Å². The molecule has 6 nitrogen and oxygen atoms in total. The van der Waals surface area contributed by atoms with E-state index in [0.29, 0.717) is 24.9 Å². The third-order valence-electron chi connectivity index (χ3n) is 2.46. The Morgan fingerprint density at radius 3 is 2.89 bits per heavy atom. The van der Waals surface area contributed by atoms with E-state index in [1.165, 1.54) is 0 Å². The Balaban J connectivity index is 2.07. The molecule has 0 aliphatic carbocycles. The highest BCUT2D eigenvalue weighted by Crippen LogP contribution is 2.13. The van der Waals surface area contributed by atoms with Crippen LogP contribution in [-0.2, 0) is 13.6 Å². The Labute approximate surface area is 106 Å². The van der Waals surface area contributed by atoms with E-state index in [9.17, 15) is 0 Å². The Bertz CT molecular complexity index is 523. The topological polar surface area (TPSA) is 64.9 Å². The SMILES string of the molecule is CCOc1cc(NCc2nccn2C)nc(C)n1. The second-order valence-corrected chi connectivity index (χ2v) is 3.88. The zero-order chi connectivity index (χ0) is 13.0. The zero-order valence-electron chi connectivity index (χ0n) is 10.8. The number of hydrogen-bond acceptors (Lipinski definition) is 5. The summed E-state index contributed by atoms with van der Waals surface area (Å²) in [6.45, 7) is 4.98. The van der Waals surface area contributed by atoms with Gasteiger partial charge in [0.05, 0.1) is 13.2 Å². The lowest BCUT2D eigenvalue weighted by atomic mass is 10.5. The van der Waals surface area contributed by atoms with Crippen molar-refractivity contribution in [2.75, 3.05) is 11.9 Å². The van der Waals surface area contributed by atoms with E-state index in [1.54, 1.807) is 12.3 Å². The Morgan fingerprint density at radius 2 is 2.22 bits per heavy atom. The third-order valence-corrected chi connectivity index (χ3v) is 2.46. The standard InChI is InChI=1S/C12H17N5O/c1-4-18-12-7-10(15-9(2)16-12)14-8-11-13-5-6-17(11)3/h5-7H,4,8H2,1-3H3,(H,14,15,16). The molecule has 0 saturated carbocycles. The normalized spacial score (nSPS) is 10.4. The van der Waals surface area contributed by atoms with Crippen LogP contribution in [0.3, 0.4) is 0 Å². The van der Waals surface area contributed by atoms with Crippen LogP contribution in [-0.4, -0.2) is 26.1 Å². The van der Waals surface area contributed by atoms with Crippen molar-refractivity contribution < 1.29 is 4.74 Å². The number of aromatic nitrogens is 4.